The third-order valence-electron chi connectivity index (χ3n) is 4.48. The minimum atomic E-state index is -0.385. The number of pyridine rings is 1. The van der Waals surface area contributed by atoms with Gasteiger partial charge in [0.15, 0.2) is 5.82 Å². The molecule has 0 radical (unpaired) electrons. The van der Waals surface area contributed by atoms with Crippen molar-refractivity contribution >= 4 is 33.4 Å². The van der Waals surface area contributed by atoms with Crippen LogP contribution in [0, 0.1) is 20.8 Å². The molecule has 2 aromatic heterocycles. The molecule has 0 aliphatic heterocycles. The summed E-state index contributed by atoms with van der Waals surface area (Å²) in [6.07, 6.45) is 1.65. The second-order valence-corrected chi connectivity index (χ2v) is 8.31. The molecule has 7 nitrogen and oxygen atoms in total. The molecule has 0 fully saturated rings. The first-order valence-corrected chi connectivity index (χ1v) is 10.4. The maximum Gasteiger partial charge on any atom is 0.274 e. The Morgan fingerprint density at radius 1 is 1.07 bits per heavy atom. The van der Waals surface area contributed by atoms with E-state index in [0.717, 1.165) is 16.7 Å². The third-order valence-corrected chi connectivity index (χ3v) is 4.86. The molecule has 0 atom stereocenters. The normalized spacial score (nSPS) is 10.9. The van der Waals surface area contributed by atoms with Crippen LogP contribution in [0.25, 0.3) is 5.82 Å². The summed E-state index contributed by atoms with van der Waals surface area (Å²) in [5.41, 5.74) is 3.83. The SMILES string of the molecule is Cc1cc(C)c(NC(=O)c2cc(Br)nn2-c2ncccc2C)c(C(=O)NC(C)C)c1. The van der Waals surface area contributed by atoms with E-state index in [4.69, 9.17) is 0 Å². The van der Waals surface area contributed by atoms with E-state index in [9.17, 15) is 9.59 Å². The van der Waals surface area contributed by atoms with Crippen LogP contribution in [0.3, 0.4) is 0 Å². The monoisotopic (exact) mass is 469 g/mol. The van der Waals surface area contributed by atoms with Gasteiger partial charge in [0, 0.05) is 18.3 Å². The van der Waals surface area contributed by atoms with Gasteiger partial charge < -0.3 is 10.6 Å². The zero-order chi connectivity index (χ0) is 22.0. The van der Waals surface area contributed by atoms with Gasteiger partial charge in [0.2, 0.25) is 0 Å². The summed E-state index contributed by atoms with van der Waals surface area (Å²) in [6, 6.07) is 9.03. The van der Waals surface area contributed by atoms with Crippen LogP contribution in [-0.4, -0.2) is 32.6 Å². The van der Waals surface area contributed by atoms with E-state index in [1.54, 1.807) is 18.3 Å². The summed E-state index contributed by atoms with van der Waals surface area (Å²) in [6.45, 7) is 9.47. The molecule has 0 unspecified atom stereocenters. The van der Waals surface area contributed by atoms with Crippen molar-refractivity contribution < 1.29 is 9.59 Å². The molecular weight excluding hydrogens is 446 g/mol. The van der Waals surface area contributed by atoms with Crippen LogP contribution in [0.1, 0.15) is 51.4 Å². The standard InChI is InChI=1S/C22H24BrN5O2/c1-12(2)25-21(29)16-10-13(3)9-15(5)19(16)26-22(30)17-11-18(23)27-28(17)20-14(4)7-6-8-24-20/h6-12H,1-5H3,(H,25,29)(H,26,30). The van der Waals surface area contributed by atoms with Crippen LogP contribution in [0.4, 0.5) is 5.69 Å². The first-order valence-electron chi connectivity index (χ1n) is 9.58. The largest absolute Gasteiger partial charge is 0.350 e. The number of anilines is 1. The number of aromatic nitrogens is 3. The van der Waals surface area contributed by atoms with Crippen molar-refractivity contribution in [2.45, 2.75) is 40.7 Å². The average molecular weight is 470 g/mol. The number of benzene rings is 1. The quantitative estimate of drug-likeness (QED) is 0.581. The molecule has 2 heterocycles. The third kappa shape index (κ3) is 4.59. The number of carbonyl (C=O) groups excluding carboxylic acids is 2. The molecule has 3 aromatic rings. The lowest BCUT2D eigenvalue weighted by atomic mass is 10.0. The second-order valence-electron chi connectivity index (χ2n) is 7.49. The van der Waals surface area contributed by atoms with E-state index in [-0.39, 0.29) is 17.9 Å². The summed E-state index contributed by atoms with van der Waals surface area (Å²) in [4.78, 5) is 30.3. The van der Waals surface area contributed by atoms with Gasteiger partial charge in [0.05, 0.1) is 11.3 Å². The fourth-order valence-corrected chi connectivity index (χ4v) is 3.58. The highest BCUT2D eigenvalue weighted by Gasteiger charge is 2.22. The molecule has 0 aliphatic carbocycles. The molecule has 0 saturated carbocycles. The number of halogens is 1. The molecule has 2 N–H and O–H groups in total. The predicted molar refractivity (Wildman–Crippen MR) is 120 cm³/mol. The number of amides is 2. The lowest BCUT2D eigenvalue weighted by Gasteiger charge is -2.17. The Morgan fingerprint density at radius 2 is 1.80 bits per heavy atom. The molecule has 156 valence electrons. The van der Waals surface area contributed by atoms with Gasteiger partial charge in [-0.1, -0.05) is 12.1 Å². The van der Waals surface area contributed by atoms with Crippen molar-refractivity contribution in [3.05, 3.63) is 69.1 Å². The van der Waals surface area contributed by atoms with E-state index >= 15 is 0 Å². The maximum atomic E-state index is 13.2. The number of nitrogens with one attached hydrogen (secondary N) is 2. The Balaban J connectivity index is 2.02. The summed E-state index contributed by atoms with van der Waals surface area (Å²) in [5, 5.41) is 10.2. The summed E-state index contributed by atoms with van der Waals surface area (Å²) >= 11 is 3.34. The van der Waals surface area contributed by atoms with Crippen LogP contribution in [0.2, 0.25) is 0 Å². The zero-order valence-corrected chi connectivity index (χ0v) is 19.2. The average Bonchev–Trinajstić information content (AvgIpc) is 3.05. The lowest BCUT2D eigenvalue weighted by Crippen LogP contribution is -2.31. The fourth-order valence-electron chi connectivity index (χ4n) is 3.20. The minimum Gasteiger partial charge on any atom is -0.350 e. The summed E-state index contributed by atoms with van der Waals surface area (Å²) in [5.74, 6) is -0.0575. The molecule has 0 aliphatic rings. The van der Waals surface area contributed by atoms with Crippen molar-refractivity contribution in [3.8, 4) is 5.82 Å². The van der Waals surface area contributed by atoms with Crippen molar-refractivity contribution in [2.75, 3.05) is 5.32 Å². The van der Waals surface area contributed by atoms with Gasteiger partial charge in [-0.05, 0) is 79.4 Å². The topological polar surface area (TPSA) is 88.9 Å². The molecule has 0 spiro atoms. The van der Waals surface area contributed by atoms with Gasteiger partial charge in [-0.15, -0.1) is 0 Å². The predicted octanol–water partition coefficient (Wildman–Crippen LogP) is 4.35. The molecule has 3 rings (SSSR count). The molecule has 0 saturated heterocycles. The van der Waals surface area contributed by atoms with Crippen molar-refractivity contribution in [2.24, 2.45) is 0 Å². The van der Waals surface area contributed by atoms with E-state index in [1.165, 1.54) is 4.68 Å². The Kier molecular flexibility index (Phi) is 6.36. The van der Waals surface area contributed by atoms with Crippen LogP contribution in [-0.2, 0) is 0 Å². The Hall–Kier alpha value is -3.00. The summed E-state index contributed by atoms with van der Waals surface area (Å²) in [7, 11) is 0. The smallest absolute Gasteiger partial charge is 0.274 e. The van der Waals surface area contributed by atoms with E-state index in [0.29, 0.717) is 27.4 Å². The van der Waals surface area contributed by atoms with Crippen molar-refractivity contribution in [3.63, 3.8) is 0 Å². The number of nitrogens with zero attached hydrogens (tertiary/aromatic N) is 3. The van der Waals surface area contributed by atoms with E-state index in [2.05, 4.69) is 36.6 Å². The number of aryl methyl sites for hydroxylation is 3. The van der Waals surface area contributed by atoms with Gasteiger partial charge in [-0.2, -0.15) is 5.10 Å². The van der Waals surface area contributed by atoms with Crippen LogP contribution in [0.15, 0.2) is 41.1 Å². The maximum absolute atomic E-state index is 13.2. The first kappa shape index (κ1) is 21.7. The van der Waals surface area contributed by atoms with E-state index in [1.807, 2.05) is 52.8 Å². The van der Waals surface area contributed by atoms with Crippen LogP contribution < -0.4 is 10.6 Å². The number of hydrogen-bond acceptors (Lipinski definition) is 4. The number of rotatable bonds is 5. The van der Waals surface area contributed by atoms with Gasteiger partial charge in [-0.3, -0.25) is 9.59 Å². The highest BCUT2D eigenvalue weighted by Crippen LogP contribution is 2.25. The Morgan fingerprint density at radius 3 is 2.47 bits per heavy atom. The molecule has 2 amide bonds. The Labute approximate surface area is 184 Å². The van der Waals surface area contributed by atoms with Crippen LogP contribution in [0.5, 0.6) is 0 Å². The van der Waals surface area contributed by atoms with Crippen molar-refractivity contribution in [1.82, 2.24) is 20.1 Å². The lowest BCUT2D eigenvalue weighted by molar-refractivity contribution is 0.0944. The zero-order valence-electron chi connectivity index (χ0n) is 17.6. The molecule has 0 bridgehead atoms. The molecule has 1 aromatic carbocycles. The van der Waals surface area contributed by atoms with Gasteiger partial charge in [0.1, 0.15) is 10.3 Å². The second kappa shape index (κ2) is 8.79. The fraction of sp³-hybridized carbons (Fsp3) is 0.273. The minimum absolute atomic E-state index is 0.0219. The summed E-state index contributed by atoms with van der Waals surface area (Å²) < 4.78 is 2.00. The first-order chi connectivity index (χ1) is 14.2. The highest BCUT2D eigenvalue weighted by atomic mass is 79.9. The molecule has 8 heteroatoms. The van der Waals surface area contributed by atoms with Crippen LogP contribution >= 0.6 is 15.9 Å². The highest BCUT2D eigenvalue weighted by molar-refractivity contribution is 9.10. The van der Waals surface area contributed by atoms with Crippen molar-refractivity contribution in [1.29, 1.82) is 0 Å². The van der Waals surface area contributed by atoms with Gasteiger partial charge in [0.25, 0.3) is 11.8 Å². The van der Waals surface area contributed by atoms with E-state index < -0.39 is 0 Å². The Bertz CT molecular complexity index is 1120. The number of carbonyl (C=O) groups is 2. The van der Waals surface area contributed by atoms with Gasteiger partial charge >= 0.3 is 0 Å². The van der Waals surface area contributed by atoms with Gasteiger partial charge in [-0.25, -0.2) is 9.67 Å². The molecular formula is C22H24BrN5O2. The number of hydrogen-bond donors (Lipinski definition) is 2. The molecule has 30 heavy (non-hydrogen) atoms.